The van der Waals surface area contributed by atoms with Gasteiger partial charge in [-0.3, -0.25) is 9.59 Å². The molecule has 0 aliphatic heterocycles. The van der Waals surface area contributed by atoms with E-state index in [1.165, 1.54) is 4.90 Å². The summed E-state index contributed by atoms with van der Waals surface area (Å²) in [6.07, 6.45) is 0.551. The molecule has 0 fully saturated rings. The number of benzene rings is 1. The number of methoxy groups -OCH3 is 1. The van der Waals surface area contributed by atoms with Gasteiger partial charge in [0, 0.05) is 31.5 Å². The van der Waals surface area contributed by atoms with Crippen LogP contribution in [-0.2, 0) is 16.0 Å². The van der Waals surface area contributed by atoms with E-state index in [1.807, 2.05) is 13.8 Å². The molecule has 0 aliphatic rings. The Kier molecular flexibility index (Phi) is 6.71. The smallest absolute Gasteiger partial charge is 0.243 e. The maximum Gasteiger partial charge on any atom is 0.243 e. The van der Waals surface area contributed by atoms with E-state index in [0.717, 1.165) is 0 Å². The predicted molar refractivity (Wildman–Crippen MR) is 96.0 cm³/mol. The number of aromatic nitrogens is 2. The van der Waals surface area contributed by atoms with Crippen molar-refractivity contribution in [3.63, 3.8) is 0 Å². The zero-order valence-corrected chi connectivity index (χ0v) is 15.5. The van der Waals surface area contributed by atoms with Crippen molar-refractivity contribution < 1.29 is 18.8 Å². The summed E-state index contributed by atoms with van der Waals surface area (Å²) < 4.78 is 10.2. The highest BCUT2D eigenvalue weighted by atomic mass is 16.5. The summed E-state index contributed by atoms with van der Waals surface area (Å²) in [6.45, 7) is 3.90. The van der Waals surface area contributed by atoms with Gasteiger partial charge in [-0.15, -0.1) is 0 Å². The Morgan fingerprint density at radius 2 is 1.96 bits per heavy atom. The first-order chi connectivity index (χ1) is 12.4. The molecule has 1 aromatic heterocycles. The Labute approximate surface area is 152 Å². The fraction of sp³-hybridized carbons (Fsp3) is 0.444. The number of aryl methyl sites for hydroxylation is 1. The third-order valence-electron chi connectivity index (χ3n) is 3.73. The van der Waals surface area contributed by atoms with Crippen LogP contribution in [0.15, 0.2) is 28.8 Å². The summed E-state index contributed by atoms with van der Waals surface area (Å²) in [5, 5.41) is 6.60. The normalized spacial score (nSPS) is 10.7. The maximum absolute atomic E-state index is 12.2. The van der Waals surface area contributed by atoms with Crippen molar-refractivity contribution in [2.24, 2.45) is 0 Å². The number of amides is 2. The number of anilines is 1. The minimum Gasteiger partial charge on any atom is -0.497 e. The Balaban J connectivity index is 1.78. The standard InChI is InChI=1S/C18H24N4O4/c1-12(2)18-20-16(26-21-18)9-10-17(24)22(3)11-15(23)19-13-5-7-14(25-4)8-6-13/h5-8,12H,9-11H2,1-4H3,(H,19,23). The van der Waals surface area contributed by atoms with E-state index in [1.54, 1.807) is 38.4 Å². The van der Waals surface area contributed by atoms with Gasteiger partial charge in [0.15, 0.2) is 5.82 Å². The lowest BCUT2D eigenvalue weighted by Gasteiger charge is -2.16. The van der Waals surface area contributed by atoms with Gasteiger partial charge in [0.2, 0.25) is 17.7 Å². The monoisotopic (exact) mass is 360 g/mol. The Bertz CT molecular complexity index is 740. The quantitative estimate of drug-likeness (QED) is 0.775. The van der Waals surface area contributed by atoms with Gasteiger partial charge in [-0.2, -0.15) is 4.98 Å². The zero-order valence-electron chi connectivity index (χ0n) is 15.5. The average molecular weight is 360 g/mol. The van der Waals surface area contributed by atoms with Crippen LogP contribution in [0.1, 0.15) is 37.9 Å². The summed E-state index contributed by atoms with van der Waals surface area (Å²) in [4.78, 5) is 29.8. The molecule has 8 heteroatoms. The van der Waals surface area contributed by atoms with Gasteiger partial charge in [0.25, 0.3) is 0 Å². The van der Waals surface area contributed by atoms with E-state index >= 15 is 0 Å². The van der Waals surface area contributed by atoms with Crippen molar-refractivity contribution >= 4 is 17.5 Å². The van der Waals surface area contributed by atoms with Crippen LogP contribution in [0.2, 0.25) is 0 Å². The van der Waals surface area contributed by atoms with E-state index < -0.39 is 0 Å². The van der Waals surface area contributed by atoms with Gasteiger partial charge in [-0.1, -0.05) is 19.0 Å². The number of rotatable bonds is 8. The molecule has 8 nitrogen and oxygen atoms in total. The third kappa shape index (κ3) is 5.58. The first kappa shape index (κ1) is 19.4. The van der Waals surface area contributed by atoms with Gasteiger partial charge in [0.1, 0.15) is 5.75 Å². The van der Waals surface area contributed by atoms with Crippen LogP contribution in [-0.4, -0.2) is 47.6 Å². The average Bonchev–Trinajstić information content (AvgIpc) is 3.09. The summed E-state index contributed by atoms with van der Waals surface area (Å²) in [7, 11) is 3.16. The van der Waals surface area contributed by atoms with Crippen molar-refractivity contribution in [3.05, 3.63) is 36.0 Å². The molecule has 0 unspecified atom stereocenters. The predicted octanol–water partition coefficient (Wildman–Crippen LogP) is 2.23. The second kappa shape index (κ2) is 8.98. The Morgan fingerprint density at radius 1 is 1.27 bits per heavy atom. The highest BCUT2D eigenvalue weighted by Gasteiger charge is 2.16. The molecule has 2 aromatic rings. The highest BCUT2D eigenvalue weighted by Crippen LogP contribution is 2.15. The molecule has 1 N–H and O–H groups in total. The Hall–Kier alpha value is -2.90. The largest absolute Gasteiger partial charge is 0.497 e. The first-order valence-corrected chi connectivity index (χ1v) is 8.39. The molecule has 0 bridgehead atoms. The van der Waals surface area contributed by atoms with Crippen molar-refractivity contribution in [1.29, 1.82) is 0 Å². The van der Waals surface area contributed by atoms with Crippen LogP contribution in [0, 0.1) is 0 Å². The van der Waals surface area contributed by atoms with Crippen LogP contribution in [0.4, 0.5) is 5.69 Å². The summed E-state index contributed by atoms with van der Waals surface area (Å²) in [5.74, 6) is 1.49. The molecule has 0 radical (unpaired) electrons. The molecule has 140 valence electrons. The molecule has 0 saturated heterocycles. The van der Waals surface area contributed by atoms with Gasteiger partial charge in [0.05, 0.1) is 13.7 Å². The number of hydrogen-bond donors (Lipinski definition) is 1. The number of likely N-dealkylation sites (N-methyl/N-ethyl adjacent to an activating group) is 1. The number of hydrogen-bond acceptors (Lipinski definition) is 6. The van der Waals surface area contributed by atoms with Gasteiger partial charge >= 0.3 is 0 Å². The zero-order chi connectivity index (χ0) is 19.1. The number of nitrogens with zero attached hydrogens (tertiary/aromatic N) is 3. The van der Waals surface area contributed by atoms with E-state index in [-0.39, 0.29) is 30.7 Å². The van der Waals surface area contributed by atoms with Gasteiger partial charge in [-0.25, -0.2) is 0 Å². The fourth-order valence-corrected chi connectivity index (χ4v) is 2.19. The molecule has 0 aliphatic carbocycles. The molecular weight excluding hydrogens is 336 g/mol. The van der Waals surface area contributed by atoms with Gasteiger partial charge < -0.3 is 19.5 Å². The summed E-state index contributed by atoms with van der Waals surface area (Å²) in [5.41, 5.74) is 0.642. The van der Waals surface area contributed by atoms with Crippen molar-refractivity contribution in [2.45, 2.75) is 32.6 Å². The van der Waals surface area contributed by atoms with Crippen LogP contribution in [0.3, 0.4) is 0 Å². The molecule has 26 heavy (non-hydrogen) atoms. The molecule has 2 amide bonds. The Morgan fingerprint density at radius 3 is 2.54 bits per heavy atom. The van der Waals surface area contributed by atoms with Crippen LogP contribution >= 0.6 is 0 Å². The highest BCUT2D eigenvalue weighted by molar-refractivity contribution is 5.94. The van der Waals surface area contributed by atoms with Gasteiger partial charge in [-0.05, 0) is 24.3 Å². The number of carbonyl (C=O) groups excluding carboxylic acids is 2. The summed E-state index contributed by atoms with van der Waals surface area (Å²) >= 11 is 0. The van der Waals surface area contributed by atoms with Crippen LogP contribution in [0.25, 0.3) is 0 Å². The van der Waals surface area contributed by atoms with Crippen LogP contribution < -0.4 is 10.1 Å². The van der Waals surface area contributed by atoms with E-state index in [9.17, 15) is 9.59 Å². The third-order valence-corrected chi connectivity index (χ3v) is 3.73. The van der Waals surface area contributed by atoms with E-state index in [0.29, 0.717) is 29.6 Å². The van der Waals surface area contributed by atoms with E-state index in [4.69, 9.17) is 9.26 Å². The van der Waals surface area contributed by atoms with Crippen molar-refractivity contribution in [2.75, 3.05) is 26.0 Å². The lowest BCUT2D eigenvalue weighted by Crippen LogP contribution is -2.35. The second-order valence-corrected chi connectivity index (χ2v) is 6.23. The summed E-state index contributed by atoms with van der Waals surface area (Å²) in [6, 6.07) is 6.97. The molecule has 1 heterocycles. The second-order valence-electron chi connectivity index (χ2n) is 6.23. The maximum atomic E-state index is 12.2. The molecule has 0 atom stereocenters. The number of ether oxygens (including phenoxy) is 1. The molecule has 2 rings (SSSR count). The van der Waals surface area contributed by atoms with Crippen molar-refractivity contribution in [1.82, 2.24) is 15.0 Å². The number of nitrogens with one attached hydrogen (secondary N) is 1. The van der Waals surface area contributed by atoms with Crippen LogP contribution in [0.5, 0.6) is 5.75 Å². The number of carbonyl (C=O) groups is 2. The molecular formula is C18H24N4O4. The topological polar surface area (TPSA) is 97.6 Å². The lowest BCUT2D eigenvalue weighted by molar-refractivity contribution is -0.133. The minimum absolute atomic E-state index is 0.0358. The van der Waals surface area contributed by atoms with Crippen molar-refractivity contribution in [3.8, 4) is 5.75 Å². The fourth-order valence-electron chi connectivity index (χ4n) is 2.19. The molecule has 0 spiro atoms. The SMILES string of the molecule is COc1ccc(NC(=O)CN(C)C(=O)CCc2nc(C(C)C)no2)cc1. The van der Waals surface area contributed by atoms with E-state index in [2.05, 4.69) is 15.5 Å². The molecule has 0 saturated carbocycles. The minimum atomic E-state index is -0.272. The first-order valence-electron chi connectivity index (χ1n) is 8.39. The lowest BCUT2D eigenvalue weighted by atomic mass is 10.2. The molecule has 1 aromatic carbocycles.